The van der Waals surface area contributed by atoms with Gasteiger partial charge in [0, 0.05) is 6.04 Å². The van der Waals surface area contributed by atoms with Gasteiger partial charge < -0.3 is 15.8 Å². The molecule has 0 spiro atoms. The molecule has 2 unspecified atom stereocenters. The van der Waals surface area contributed by atoms with Gasteiger partial charge in [0.25, 0.3) is 0 Å². The summed E-state index contributed by atoms with van der Waals surface area (Å²) in [6.07, 6.45) is 6.12. The van der Waals surface area contributed by atoms with Gasteiger partial charge >= 0.3 is 5.97 Å². The average Bonchev–Trinajstić information content (AvgIpc) is 2.65. The third-order valence-corrected chi connectivity index (χ3v) is 4.00. The lowest BCUT2D eigenvalue weighted by molar-refractivity contribution is 0.0594. The van der Waals surface area contributed by atoms with Crippen LogP contribution in [0.4, 0.5) is 11.5 Å². The van der Waals surface area contributed by atoms with Gasteiger partial charge in [0.15, 0.2) is 5.69 Å². The minimum Gasteiger partial charge on any atom is -0.464 e. The van der Waals surface area contributed by atoms with Gasteiger partial charge in [0.05, 0.1) is 12.8 Å². The molecule has 1 aromatic rings. The summed E-state index contributed by atoms with van der Waals surface area (Å²) in [6.45, 7) is 2.25. The number of ether oxygens (including phenoxy) is 1. The largest absolute Gasteiger partial charge is 0.464 e. The van der Waals surface area contributed by atoms with Crippen LogP contribution in [0.2, 0.25) is 0 Å². The summed E-state index contributed by atoms with van der Waals surface area (Å²) in [5.74, 6) is 0.731. The number of carbonyl (C=O) groups excluding carboxylic acids is 1. The lowest BCUT2D eigenvalue weighted by Gasteiger charge is -2.24. The monoisotopic (exact) mass is 277 g/mol. The van der Waals surface area contributed by atoms with Crippen molar-refractivity contribution >= 4 is 17.5 Å². The summed E-state index contributed by atoms with van der Waals surface area (Å²) < 4.78 is 4.69. The predicted molar refractivity (Wildman–Crippen MR) is 79.6 cm³/mol. The molecule has 0 amide bonds. The first-order chi connectivity index (χ1) is 9.61. The lowest BCUT2D eigenvalue weighted by atomic mass is 9.97. The summed E-state index contributed by atoms with van der Waals surface area (Å²) >= 11 is 0. The molecule has 0 aliphatic heterocycles. The maximum absolute atomic E-state index is 11.5. The molecule has 5 heteroatoms. The highest BCUT2D eigenvalue weighted by atomic mass is 16.5. The van der Waals surface area contributed by atoms with Crippen LogP contribution in [0, 0.1) is 5.92 Å². The fourth-order valence-electron chi connectivity index (χ4n) is 2.69. The van der Waals surface area contributed by atoms with Crippen LogP contribution in [0.25, 0.3) is 0 Å². The van der Waals surface area contributed by atoms with Gasteiger partial charge in [-0.25, -0.2) is 9.78 Å². The molecule has 20 heavy (non-hydrogen) atoms. The van der Waals surface area contributed by atoms with E-state index < -0.39 is 5.97 Å². The number of hydrogen-bond donors (Lipinski definition) is 2. The topological polar surface area (TPSA) is 77.2 Å². The molecule has 1 heterocycles. The molecule has 110 valence electrons. The number of nitrogen functional groups attached to an aromatic ring is 1. The Morgan fingerprint density at radius 2 is 2.10 bits per heavy atom. The Hall–Kier alpha value is -1.78. The van der Waals surface area contributed by atoms with E-state index in [-0.39, 0.29) is 5.69 Å². The molecule has 3 N–H and O–H groups in total. The molecule has 0 aromatic carbocycles. The first-order valence-electron chi connectivity index (χ1n) is 7.23. The van der Waals surface area contributed by atoms with Gasteiger partial charge in [-0.3, -0.25) is 0 Å². The van der Waals surface area contributed by atoms with E-state index in [1.54, 1.807) is 12.1 Å². The summed E-state index contributed by atoms with van der Waals surface area (Å²) in [4.78, 5) is 15.8. The van der Waals surface area contributed by atoms with E-state index in [0.29, 0.717) is 23.5 Å². The highest BCUT2D eigenvalue weighted by Gasteiger charge is 2.21. The van der Waals surface area contributed by atoms with Crippen LogP contribution in [0.1, 0.15) is 49.5 Å². The van der Waals surface area contributed by atoms with E-state index in [9.17, 15) is 4.79 Å². The number of carbonyl (C=O) groups is 1. The fourth-order valence-corrected chi connectivity index (χ4v) is 2.69. The average molecular weight is 277 g/mol. The Kier molecular flexibility index (Phi) is 4.82. The number of methoxy groups -OCH3 is 1. The van der Waals surface area contributed by atoms with E-state index >= 15 is 0 Å². The molecule has 1 fully saturated rings. The smallest absolute Gasteiger partial charge is 0.356 e. The predicted octanol–water partition coefficient (Wildman–Crippen LogP) is 2.83. The van der Waals surface area contributed by atoms with Crippen LogP contribution >= 0.6 is 0 Å². The second-order valence-corrected chi connectivity index (χ2v) is 5.49. The number of nitrogens with two attached hydrogens (primary N) is 1. The van der Waals surface area contributed by atoms with E-state index in [2.05, 4.69) is 17.2 Å². The maximum Gasteiger partial charge on any atom is 0.356 e. The molecular formula is C15H23N3O2. The van der Waals surface area contributed by atoms with E-state index in [4.69, 9.17) is 10.5 Å². The molecule has 1 aliphatic carbocycles. The van der Waals surface area contributed by atoms with Crippen molar-refractivity contribution in [1.29, 1.82) is 0 Å². The third kappa shape index (κ3) is 3.40. The van der Waals surface area contributed by atoms with Crippen molar-refractivity contribution in [3.05, 3.63) is 17.8 Å². The standard InChI is InChI=1S/C15H23N3O2/c1-10-6-4-3-5-7-12(10)17-14-11(16)8-9-13(18-14)15(19)20-2/h8-10,12H,3-7,16H2,1-2H3,(H,17,18). The Morgan fingerprint density at radius 3 is 2.85 bits per heavy atom. The van der Waals surface area contributed by atoms with Crippen LogP contribution in [0.3, 0.4) is 0 Å². The zero-order chi connectivity index (χ0) is 14.5. The van der Waals surface area contributed by atoms with Crippen molar-refractivity contribution in [2.45, 2.75) is 45.1 Å². The van der Waals surface area contributed by atoms with Crippen LogP contribution in [-0.4, -0.2) is 24.1 Å². The quantitative estimate of drug-likeness (QED) is 0.656. The summed E-state index contributed by atoms with van der Waals surface area (Å²) in [6, 6.07) is 3.64. The second kappa shape index (κ2) is 6.59. The second-order valence-electron chi connectivity index (χ2n) is 5.49. The Morgan fingerprint density at radius 1 is 1.35 bits per heavy atom. The molecule has 5 nitrogen and oxygen atoms in total. The number of nitrogens with one attached hydrogen (secondary N) is 1. The number of nitrogens with zero attached hydrogens (tertiary/aromatic N) is 1. The number of anilines is 2. The van der Waals surface area contributed by atoms with Crippen molar-refractivity contribution < 1.29 is 9.53 Å². The summed E-state index contributed by atoms with van der Waals surface area (Å²) in [5.41, 5.74) is 6.80. The third-order valence-electron chi connectivity index (χ3n) is 4.00. The van der Waals surface area contributed by atoms with Crippen LogP contribution in [0.5, 0.6) is 0 Å². The Bertz CT molecular complexity index is 476. The Labute approximate surface area is 119 Å². The molecule has 1 aromatic heterocycles. The highest BCUT2D eigenvalue weighted by Crippen LogP contribution is 2.27. The number of hydrogen-bond acceptors (Lipinski definition) is 5. The molecule has 2 rings (SSSR count). The zero-order valence-electron chi connectivity index (χ0n) is 12.2. The number of esters is 1. The van der Waals surface area contributed by atoms with Crippen LogP contribution < -0.4 is 11.1 Å². The minimum atomic E-state index is -0.443. The van der Waals surface area contributed by atoms with Crippen molar-refractivity contribution in [3.63, 3.8) is 0 Å². The van der Waals surface area contributed by atoms with E-state index in [0.717, 1.165) is 6.42 Å². The van der Waals surface area contributed by atoms with Crippen molar-refractivity contribution in [2.24, 2.45) is 5.92 Å². The number of rotatable bonds is 3. The Balaban J connectivity index is 2.16. The van der Waals surface area contributed by atoms with Gasteiger partial charge in [0.2, 0.25) is 0 Å². The van der Waals surface area contributed by atoms with E-state index in [1.807, 2.05) is 0 Å². The summed E-state index contributed by atoms with van der Waals surface area (Å²) in [5, 5.41) is 3.41. The number of aromatic nitrogens is 1. The fraction of sp³-hybridized carbons (Fsp3) is 0.600. The zero-order valence-corrected chi connectivity index (χ0v) is 12.2. The SMILES string of the molecule is COC(=O)c1ccc(N)c(NC2CCCCCC2C)n1. The van der Waals surface area contributed by atoms with Crippen molar-refractivity contribution in [2.75, 3.05) is 18.2 Å². The molecule has 1 saturated carbocycles. The maximum atomic E-state index is 11.5. The molecule has 0 radical (unpaired) electrons. The van der Waals surface area contributed by atoms with Gasteiger partial charge in [0.1, 0.15) is 5.82 Å². The van der Waals surface area contributed by atoms with Crippen molar-refractivity contribution in [1.82, 2.24) is 4.98 Å². The normalized spacial score (nSPS) is 22.9. The minimum absolute atomic E-state index is 0.283. The van der Waals surface area contributed by atoms with Gasteiger partial charge in [-0.05, 0) is 30.9 Å². The molecule has 0 bridgehead atoms. The first kappa shape index (κ1) is 14.6. The first-order valence-corrected chi connectivity index (χ1v) is 7.23. The lowest BCUT2D eigenvalue weighted by Crippen LogP contribution is -2.27. The number of pyridine rings is 1. The van der Waals surface area contributed by atoms with Gasteiger partial charge in [-0.15, -0.1) is 0 Å². The molecule has 0 saturated heterocycles. The summed E-state index contributed by atoms with van der Waals surface area (Å²) in [7, 11) is 1.35. The van der Waals surface area contributed by atoms with Crippen LogP contribution in [-0.2, 0) is 4.74 Å². The van der Waals surface area contributed by atoms with E-state index in [1.165, 1.54) is 32.8 Å². The van der Waals surface area contributed by atoms with Crippen molar-refractivity contribution in [3.8, 4) is 0 Å². The van der Waals surface area contributed by atoms with Crippen LogP contribution in [0.15, 0.2) is 12.1 Å². The molecule has 1 aliphatic rings. The molecule has 2 atom stereocenters. The molecular weight excluding hydrogens is 254 g/mol. The van der Waals surface area contributed by atoms with Gasteiger partial charge in [-0.1, -0.05) is 26.2 Å². The van der Waals surface area contributed by atoms with Gasteiger partial charge in [-0.2, -0.15) is 0 Å². The highest BCUT2D eigenvalue weighted by molar-refractivity contribution is 5.88.